The van der Waals surface area contributed by atoms with E-state index in [1.807, 2.05) is 0 Å². The van der Waals surface area contributed by atoms with Crippen molar-refractivity contribution in [3.8, 4) is 0 Å². The van der Waals surface area contributed by atoms with Gasteiger partial charge in [-0.25, -0.2) is 4.79 Å². The minimum atomic E-state index is -4.44. The van der Waals surface area contributed by atoms with Gasteiger partial charge in [0, 0.05) is 6.42 Å². The smallest absolute Gasteiger partial charge is 0.391 e. The lowest BCUT2D eigenvalue weighted by Crippen LogP contribution is -2.24. The molecule has 0 saturated heterocycles. The first kappa shape index (κ1) is 12.5. The molecule has 1 rings (SSSR count). The van der Waals surface area contributed by atoms with E-state index in [1.54, 1.807) is 0 Å². The van der Waals surface area contributed by atoms with Crippen molar-refractivity contribution >= 4 is 5.78 Å². The molecule has 0 amide bonds. The molecule has 16 heavy (non-hydrogen) atoms. The van der Waals surface area contributed by atoms with Gasteiger partial charge in [0.15, 0.2) is 5.78 Å². The largest absolute Gasteiger partial charge is 0.431 e. The number of carbonyl (C=O) groups excluding carboxylic acids is 1. The lowest BCUT2D eigenvalue weighted by molar-refractivity contribution is -0.168. The molecule has 1 atom stereocenters. The average molecular weight is 234 g/mol. The summed E-state index contributed by atoms with van der Waals surface area (Å²) in [6, 6.07) is 2.43. The maximum Gasteiger partial charge on any atom is 0.391 e. The Labute approximate surface area is 88.9 Å². The molecule has 1 unspecified atom stereocenters. The highest BCUT2D eigenvalue weighted by molar-refractivity contribution is 5.95. The van der Waals surface area contributed by atoms with Crippen LogP contribution in [0.5, 0.6) is 0 Å². The molecule has 0 radical (unpaired) electrons. The summed E-state index contributed by atoms with van der Waals surface area (Å²) in [5, 5.41) is 0. The lowest BCUT2D eigenvalue weighted by atomic mass is 10.0. The van der Waals surface area contributed by atoms with Crippen LogP contribution < -0.4 is 5.63 Å². The van der Waals surface area contributed by atoms with E-state index in [2.05, 4.69) is 4.42 Å². The Morgan fingerprint density at radius 1 is 1.50 bits per heavy atom. The Morgan fingerprint density at radius 3 is 2.62 bits per heavy atom. The maximum atomic E-state index is 12.2. The summed E-state index contributed by atoms with van der Waals surface area (Å²) in [4.78, 5) is 22.4. The van der Waals surface area contributed by atoms with Crippen molar-refractivity contribution < 1.29 is 22.4 Å². The molecule has 0 spiro atoms. The molecule has 1 aromatic rings. The third kappa shape index (κ3) is 2.95. The second kappa shape index (κ2) is 4.51. The van der Waals surface area contributed by atoms with E-state index in [9.17, 15) is 22.8 Å². The van der Waals surface area contributed by atoms with Crippen LogP contribution in [0.3, 0.4) is 0 Å². The zero-order chi connectivity index (χ0) is 12.3. The number of halogens is 3. The van der Waals surface area contributed by atoms with Crippen molar-refractivity contribution in [2.24, 2.45) is 5.92 Å². The fourth-order valence-corrected chi connectivity index (χ4v) is 1.08. The molecule has 88 valence electrons. The number of Topliss-reactive ketones (excluding diaryl/α,β-unsaturated/α-hetero) is 1. The molecule has 0 bridgehead atoms. The molecular weight excluding hydrogens is 225 g/mol. The second-order valence-electron chi connectivity index (χ2n) is 3.38. The molecule has 0 saturated carbocycles. The van der Waals surface area contributed by atoms with Gasteiger partial charge in [0.1, 0.15) is 5.56 Å². The van der Waals surface area contributed by atoms with Crippen molar-refractivity contribution in [2.75, 3.05) is 0 Å². The SMILES string of the molecule is CC(CC(=O)c1cccoc1=O)C(F)(F)F. The summed E-state index contributed by atoms with van der Waals surface area (Å²) < 4.78 is 40.9. The molecule has 0 aromatic carbocycles. The highest BCUT2D eigenvalue weighted by Gasteiger charge is 2.37. The van der Waals surface area contributed by atoms with Crippen molar-refractivity contribution in [3.05, 3.63) is 34.4 Å². The van der Waals surface area contributed by atoms with E-state index in [0.29, 0.717) is 0 Å². The number of ketones is 1. The Hall–Kier alpha value is -1.59. The zero-order valence-corrected chi connectivity index (χ0v) is 8.38. The minimum Gasteiger partial charge on any atom is -0.431 e. The van der Waals surface area contributed by atoms with Gasteiger partial charge in [0.05, 0.1) is 12.2 Å². The minimum absolute atomic E-state index is 0.349. The summed E-state index contributed by atoms with van der Waals surface area (Å²) in [6.45, 7) is 0.891. The number of rotatable bonds is 3. The van der Waals surface area contributed by atoms with Crippen LogP contribution in [-0.2, 0) is 0 Å². The first-order chi connectivity index (χ1) is 7.32. The van der Waals surface area contributed by atoms with Crippen LogP contribution in [0.15, 0.2) is 27.6 Å². The monoisotopic (exact) mass is 234 g/mol. The van der Waals surface area contributed by atoms with Gasteiger partial charge in [-0.1, -0.05) is 6.92 Å². The van der Waals surface area contributed by atoms with Gasteiger partial charge >= 0.3 is 11.8 Å². The Kier molecular flexibility index (Phi) is 3.51. The Bertz CT molecular complexity index is 433. The maximum absolute atomic E-state index is 12.2. The summed E-state index contributed by atoms with van der Waals surface area (Å²) in [6.07, 6.45) is -4.13. The molecule has 6 heteroatoms. The summed E-state index contributed by atoms with van der Waals surface area (Å²) in [5.41, 5.74) is -1.26. The van der Waals surface area contributed by atoms with Crippen LogP contribution in [0, 0.1) is 5.92 Å². The highest BCUT2D eigenvalue weighted by atomic mass is 19.4. The molecule has 0 N–H and O–H groups in total. The van der Waals surface area contributed by atoms with Crippen molar-refractivity contribution in [3.63, 3.8) is 0 Å². The van der Waals surface area contributed by atoms with E-state index in [4.69, 9.17) is 0 Å². The van der Waals surface area contributed by atoms with Gasteiger partial charge in [0.25, 0.3) is 0 Å². The van der Waals surface area contributed by atoms with Crippen LogP contribution in [0.4, 0.5) is 13.2 Å². The molecule has 3 nitrogen and oxygen atoms in total. The summed E-state index contributed by atoms with van der Waals surface area (Å²) in [7, 11) is 0. The zero-order valence-electron chi connectivity index (χ0n) is 8.38. The molecule has 1 aromatic heterocycles. The summed E-state index contributed by atoms with van der Waals surface area (Å²) in [5.74, 6) is -2.64. The lowest BCUT2D eigenvalue weighted by Gasteiger charge is -2.13. The van der Waals surface area contributed by atoms with E-state index in [-0.39, 0.29) is 5.56 Å². The second-order valence-corrected chi connectivity index (χ2v) is 3.38. The van der Waals surface area contributed by atoms with Gasteiger partial charge in [-0.2, -0.15) is 13.2 Å². The molecule has 0 aliphatic rings. The molecule has 0 fully saturated rings. The van der Waals surface area contributed by atoms with Gasteiger partial charge in [-0.3, -0.25) is 4.79 Å². The summed E-state index contributed by atoms with van der Waals surface area (Å²) >= 11 is 0. The Morgan fingerprint density at radius 2 is 2.12 bits per heavy atom. The quantitative estimate of drug-likeness (QED) is 0.754. The van der Waals surface area contributed by atoms with Crippen LogP contribution in [-0.4, -0.2) is 12.0 Å². The fraction of sp³-hybridized carbons (Fsp3) is 0.400. The third-order valence-electron chi connectivity index (χ3n) is 2.09. The molecular formula is C10H9F3O3. The standard InChI is InChI=1S/C10H9F3O3/c1-6(10(11,12)13)5-8(14)7-3-2-4-16-9(7)15/h2-4,6H,5H2,1H3. The number of carbonyl (C=O) groups is 1. The Balaban J connectivity index is 2.82. The van der Waals surface area contributed by atoms with Crippen molar-refractivity contribution in [1.29, 1.82) is 0 Å². The van der Waals surface area contributed by atoms with Crippen molar-refractivity contribution in [2.45, 2.75) is 19.5 Å². The number of alkyl halides is 3. The predicted octanol–water partition coefficient (Wildman–Crippen LogP) is 2.41. The first-order valence-electron chi connectivity index (χ1n) is 4.50. The van der Waals surface area contributed by atoms with E-state index >= 15 is 0 Å². The normalized spacial score (nSPS) is 13.5. The van der Waals surface area contributed by atoms with Crippen LogP contribution in [0.2, 0.25) is 0 Å². The van der Waals surface area contributed by atoms with E-state index in [1.165, 1.54) is 6.07 Å². The number of hydrogen-bond acceptors (Lipinski definition) is 3. The van der Waals surface area contributed by atoms with Crippen LogP contribution in [0.25, 0.3) is 0 Å². The third-order valence-corrected chi connectivity index (χ3v) is 2.09. The molecule has 0 aliphatic heterocycles. The molecule has 1 heterocycles. The highest BCUT2D eigenvalue weighted by Crippen LogP contribution is 2.28. The van der Waals surface area contributed by atoms with Crippen LogP contribution >= 0.6 is 0 Å². The van der Waals surface area contributed by atoms with Crippen LogP contribution in [0.1, 0.15) is 23.7 Å². The van der Waals surface area contributed by atoms with Gasteiger partial charge in [0.2, 0.25) is 0 Å². The fourth-order valence-electron chi connectivity index (χ4n) is 1.08. The molecule has 0 aliphatic carbocycles. The van der Waals surface area contributed by atoms with E-state index in [0.717, 1.165) is 19.3 Å². The first-order valence-corrected chi connectivity index (χ1v) is 4.50. The average Bonchev–Trinajstić information content (AvgIpc) is 2.16. The predicted molar refractivity (Wildman–Crippen MR) is 49.1 cm³/mol. The number of hydrogen-bond donors (Lipinski definition) is 0. The van der Waals surface area contributed by atoms with E-state index < -0.39 is 29.9 Å². The van der Waals surface area contributed by atoms with Gasteiger partial charge < -0.3 is 4.42 Å². The van der Waals surface area contributed by atoms with Gasteiger partial charge in [-0.05, 0) is 12.1 Å². The van der Waals surface area contributed by atoms with Crippen molar-refractivity contribution in [1.82, 2.24) is 0 Å². The van der Waals surface area contributed by atoms with Gasteiger partial charge in [-0.15, -0.1) is 0 Å². The topological polar surface area (TPSA) is 47.3 Å².